The lowest BCUT2D eigenvalue weighted by molar-refractivity contribution is -0.117. The fourth-order valence-electron chi connectivity index (χ4n) is 2.62. The molecular weight excluding hydrogens is 300 g/mol. The van der Waals surface area contributed by atoms with Crippen LogP contribution in [-0.2, 0) is 11.2 Å². The molecule has 0 radical (unpaired) electrons. The summed E-state index contributed by atoms with van der Waals surface area (Å²) in [5, 5.41) is 12.2. The van der Waals surface area contributed by atoms with Crippen molar-refractivity contribution in [3.8, 4) is 0 Å². The highest BCUT2D eigenvalue weighted by Crippen LogP contribution is 2.17. The van der Waals surface area contributed by atoms with Crippen molar-refractivity contribution in [3.63, 3.8) is 0 Å². The first-order chi connectivity index (χ1) is 11.6. The molecule has 0 spiro atoms. The van der Waals surface area contributed by atoms with E-state index in [9.17, 15) is 9.90 Å². The number of hydrogen-bond acceptors (Lipinski definition) is 3. The van der Waals surface area contributed by atoms with Crippen LogP contribution in [0.2, 0.25) is 0 Å². The quantitative estimate of drug-likeness (QED) is 0.784. The van der Waals surface area contributed by atoms with Gasteiger partial charge in [0, 0.05) is 18.8 Å². The van der Waals surface area contributed by atoms with Crippen molar-refractivity contribution >= 4 is 11.6 Å². The minimum absolute atomic E-state index is 0.0472. The molecule has 0 unspecified atom stereocenters. The minimum atomic E-state index is -0.0507. The van der Waals surface area contributed by atoms with Crippen molar-refractivity contribution in [2.24, 2.45) is 0 Å². The number of benzene rings is 2. The van der Waals surface area contributed by atoms with Crippen LogP contribution in [0.5, 0.6) is 0 Å². The molecule has 2 N–H and O–H groups in total. The Hall–Kier alpha value is -2.17. The Morgan fingerprint density at radius 3 is 2.50 bits per heavy atom. The monoisotopic (exact) mass is 326 g/mol. The van der Waals surface area contributed by atoms with E-state index < -0.39 is 0 Å². The molecule has 0 aromatic heterocycles. The standard InChI is InChI=1S/C20H26N2O2/c1-16-7-6-10-19(17(16)2)21-20(24)15-22(13-14-23)12-11-18-8-4-3-5-9-18/h3-10,23H,11-15H2,1-2H3,(H,21,24). The topological polar surface area (TPSA) is 52.6 Å². The number of carbonyl (C=O) groups excluding carboxylic acids is 1. The van der Waals surface area contributed by atoms with Crippen LogP contribution < -0.4 is 5.32 Å². The molecule has 0 aliphatic heterocycles. The Kier molecular flexibility index (Phi) is 6.97. The van der Waals surface area contributed by atoms with Gasteiger partial charge >= 0.3 is 0 Å². The number of aliphatic hydroxyl groups is 1. The zero-order valence-electron chi connectivity index (χ0n) is 14.5. The third kappa shape index (κ3) is 5.48. The van der Waals surface area contributed by atoms with Gasteiger partial charge in [0.05, 0.1) is 13.2 Å². The summed E-state index contributed by atoms with van der Waals surface area (Å²) in [6.07, 6.45) is 0.859. The van der Waals surface area contributed by atoms with Gasteiger partial charge in [0.1, 0.15) is 0 Å². The second-order valence-electron chi connectivity index (χ2n) is 6.03. The van der Waals surface area contributed by atoms with Gasteiger partial charge in [-0.3, -0.25) is 9.69 Å². The SMILES string of the molecule is Cc1cccc(NC(=O)CN(CCO)CCc2ccccc2)c1C. The number of rotatable bonds is 8. The van der Waals surface area contributed by atoms with E-state index in [0.717, 1.165) is 29.8 Å². The van der Waals surface area contributed by atoms with E-state index in [2.05, 4.69) is 17.4 Å². The Balaban J connectivity index is 1.91. The number of carbonyl (C=O) groups is 1. The summed E-state index contributed by atoms with van der Waals surface area (Å²) in [4.78, 5) is 14.3. The van der Waals surface area contributed by atoms with Gasteiger partial charge in [0.25, 0.3) is 0 Å². The molecule has 0 heterocycles. The third-order valence-electron chi connectivity index (χ3n) is 4.22. The lowest BCUT2D eigenvalue weighted by Crippen LogP contribution is -2.36. The van der Waals surface area contributed by atoms with Crippen molar-refractivity contribution < 1.29 is 9.90 Å². The van der Waals surface area contributed by atoms with Crippen LogP contribution in [0.3, 0.4) is 0 Å². The van der Waals surface area contributed by atoms with Crippen molar-refractivity contribution in [1.82, 2.24) is 4.90 Å². The molecule has 1 amide bonds. The van der Waals surface area contributed by atoms with Gasteiger partial charge in [-0.2, -0.15) is 0 Å². The first-order valence-electron chi connectivity index (χ1n) is 8.33. The van der Waals surface area contributed by atoms with Crippen LogP contribution >= 0.6 is 0 Å². The van der Waals surface area contributed by atoms with E-state index in [1.807, 2.05) is 55.1 Å². The molecule has 2 aromatic carbocycles. The first-order valence-corrected chi connectivity index (χ1v) is 8.33. The summed E-state index contributed by atoms with van der Waals surface area (Å²) < 4.78 is 0. The van der Waals surface area contributed by atoms with Crippen molar-refractivity contribution in [2.45, 2.75) is 20.3 Å². The average Bonchev–Trinajstić information content (AvgIpc) is 2.58. The molecule has 4 nitrogen and oxygen atoms in total. The maximum absolute atomic E-state index is 12.3. The van der Waals surface area contributed by atoms with Crippen LogP contribution in [0.1, 0.15) is 16.7 Å². The van der Waals surface area contributed by atoms with Gasteiger partial charge in [-0.15, -0.1) is 0 Å². The molecule has 0 aliphatic rings. The third-order valence-corrected chi connectivity index (χ3v) is 4.22. The maximum Gasteiger partial charge on any atom is 0.238 e. The molecule has 0 fully saturated rings. The summed E-state index contributed by atoms with van der Waals surface area (Å²) in [6.45, 7) is 5.60. The largest absolute Gasteiger partial charge is 0.395 e. The highest BCUT2D eigenvalue weighted by molar-refractivity contribution is 5.93. The summed E-state index contributed by atoms with van der Waals surface area (Å²) in [5.41, 5.74) is 4.33. The fourth-order valence-corrected chi connectivity index (χ4v) is 2.62. The summed E-state index contributed by atoms with van der Waals surface area (Å²) in [5.74, 6) is -0.0507. The molecule has 128 valence electrons. The van der Waals surface area contributed by atoms with Crippen LogP contribution in [0.15, 0.2) is 48.5 Å². The molecule has 0 atom stereocenters. The zero-order chi connectivity index (χ0) is 17.4. The molecule has 0 saturated heterocycles. The van der Waals surface area contributed by atoms with E-state index in [1.54, 1.807) is 0 Å². The van der Waals surface area contributed by atoms with E-state index in [4.69, 9.17) is 0 Å². The second kappa shape index (κ2) is 9.21. The van der Waals surface area contributed by atoms with Crippen LogP contribution in [0.25, 0.3) is 0 Å². The summed E-state index contributed by atoms with van der Waals surface area (Å²) in [7, 11) is 0. The van der Waals surface area contributed by atoms with Gasteiger partial charge < -0.3 is 10.4 Å². The lowest BCUT2D eigenvalue weighted by atomic mass is 10.1. The molecule has 4 heteroatoms. The molecule has 0 aliphatic carbocycles. The van der Waals surface area contributed by atoms with Gasteiger partial charge in [0.2, 0.25) is 5.91 Å². The fraction of sp³-hybridized carbons (Fsp3) is 0.350. The smallest absolute Gasteiger partial charge is 0.238 e. The number of aryl methyl sites for hydroxylation is 1. The van der Waals surface area contributed by atoms with Crippen LogP contribution in [0, 0.1) is 13.8 Å². The highest BCUT2D eigenvalue weighted by atomic mass is 16.3. The van der Waals surface area contributed by atoms with E-state index in [-0.39, 0.29) is 19.1 Å². The number of anilines is 1. The number of nitrogens with one attached hydrogen (secondary N) is 1. The first kappa shape index (κ1) is 18.2. The molecular formula is C20H26N2O2. The molecule has 0 bridgehead atoms. The molecule has 24 heavy (non-hydrogen) atoms. The number of amides is 1. The van der Waals surface area contributed by atoms with Crippen molar-refractivity contribution in [3.05, 3.63) is 65.2 Å². The van der Waals surface area contributed by atoms with Crippen LogP contribution in [0.4, 0.5) is 5.69 Å². The Morgan fingerprint density at radius 2 is 1.79 bits per heavy atom. The van der Waals surface area contributed by atoms with E-state index in [0.29, 0.717) is 6.54 Å². The van der Waals surface area contributed by atoms with Gasteiger partial charge in [-0.1, -0.05) is 42.5 Å². The Morgan fingerprint density at radius 1 is 1.04 bits per heavy atom. The van der Waals surface area contributed by atoms with Gasteiger partial charge in [-0.25, -0.2) is 0 Å². The van der Waals surface area contributed by atoms with Gasteiger partial charge in [-0.05, 0) is 43.0 Å². The predicted molar refractivity (Wildman–Crippen MR) is 98.2 cm³/mol. The Labute approximate surface area is 144 Å². The lowest BCUT2D eigenvalue weighted by Gasteiger charge is -2.21. The maximum atomic E-state index is 12.3. The van der Waals surface area contributed by atoms with E-state index >= 15 is 0 Å². The molecule has 2 aromatic rings. The van der Waals surface area contributed by atoms with E-state index in [1.165, 1.54) is 5.56 Å². The molecule has 0 saturated carbocycles. The second-order valence-corrected chi connectivity index (χ2v) is 6.03. The van der Waals surface area contributed by atoms with Gasteiger partial charge in [0.15, 0.2) is 0 Å². The minimum Gasteiger partial charge on any atom is -0.395 e. The van der Waals surface area contributed by atoms with Crippen molar-refractivity contribution in [1.29, 1.82) is 0 Å². The normalized spacial score (nSPS) is 10.8. The Bertz CT molecular complexity index is 656. The number of aliphatic hydroxyl groups excluding tert-OH is 1. The number of hydrogen-bond donors (Lipinski definition) is 2. The highest BCUT2D eigenvalue weighted by Gasteiger charge is 2.12. The summed E-state index contributed by atoms with van der Waals surface area (Å²) in [6, 6.07) is 16.1. The zero-order valence-corrected chi connectivity index (χ0v) is 14.5. The van der Waals surface area contributed by atoms with Crippen molar-refractivity contribution in [2.75, 3.05) is 31.6 Å². The predicted octanol–water partition coefficient (Wildman–Crippen LogP) is 2.78. The average molecular weight is 326 g/mol. The summed E-state index contributed by atoms with van der Waals surface area (Å²) >= 11 is 0. The number of nitrogens with zero attached hydrogens (tertiary/aromatic N) is 1. The van der Waals surface area contributed by atoms with Crippen LogP contribution in [-0.4, -0.2) is 42.2 Å². The molecule has 2 rings (SSSR count).